The van der Waals surface area contributed by atoms with E-state index in [1.807, 2.05) is 5.92 Å². The Morgan fingerprint density at radius 2 is 1.74 bits per heavy atom. The molecule has 2 aromatic rings. The third-order valence-electron chi connectivity index (χ3n) is 6.02. The lowest BCUT2D eigenvalue weighted by Gasteiger charge is -2.31. The maximum atomic E-state index is 12.7. The van der Waals surface area contributed by atoms with Crippen molar-refractivity contribution in [2.45, 2.75) is 48.1 Å². The van der Waals surface area contributed by atoms with Crippen LogP contribution in [0, 0.1) is 24.7 Å². The summed E-state index contributed by atoms with van der Waals surface area (Å²) >= 11 is 0. The predicted molar refractivity (Wildman–Crippen MR) is 121 cm³/mol. The number of nitrogens with two attached hydrogens (primary N) is 1. The van der Waals surface area contributed by atoms with Crippen molar-refractivity contribution in [1.29, 1.82) is 0 Å². The Morgan fingerprint density at radius 3 is 2.32 bits per heavy atom. The first-order valence-corrected chi connectivity index (χ1v) is 10.7. The van der Waals surface area contributed by atoms with Gasteiger partial charge in [0.1, 0.15) is 30.7 Å². The van der Waals surface area contributed by atoms with Gasteiger partial charge in [0, 0.05) is 0 Å². The predicted octanol–water partition coefficient (Wildman–Crippen LogP) is -5.55. The van der Waals surface area contributed by atoms with E-state index in [0.29, 0.717) is 4.68 Å². The Hall–Kier alpha value is -3.98. The van der Waals surface area contributed by atoms with Crippen LogP contribution in [0.2, 0.25) is 0 Å². The van der Waals surface area contributed by atoms with Crippen LogP contribution in [0.25, 0.3) is 0 Å². The van der Waals surface area contributed by atoms with Gasteiger partial charge in [0.25, 0.3) is 0 Å². The average Bonchev–Trinajstić information content (AvgIpc) is 3.33. The molecule has 0 amide bonds. The number of aliphatic hydroxyl groups is 5. The standard InChI is InChI=1S/C20H22N8O10/c1-3-19(35)12(31)9(6-29)36-14(19)28-18(34)24-11(5-23-28)26-38-20(4-2)13(32)10(7-30)37-15(20)27-8-22-16(21)25-17(27)33/h1-2,5,8-10,12-15,29-32,35H,6-7H2,(H2,21,25,33)(H,24,26,34)/t9-,10-,12+,13+,14-,15-,19?,20?/m1/s1. The van der Waals surface area contributed by atoms with E-state index in [1.165, 1.54) is 0 Å². The van der Waals surface area contributed by atoms with E-state index in [0.717, 1.165) is 17.1 Å². The highest BCUT2D eigenvalue weighted by molar-refractivity contribution is 5.29. The van der Waals surface area contributed by atoms with Crippen molar-refractivity contribution in [3.05, 3.63) is 33.5 Å². The maximum absolute atomic E-state index is 12.7. The van der Waals surface area contributed by atoms with Crippen molar-refractivity contribution < 1.29 is 39.8 Å². The Labute approximate surface area is 212 Å². The molecule has 8 atom stereocenters. The van der Waals surface area contributed by atoms with Gasteiger partial charge in [-0.1, -0.05) is 11.8 Å². The Kier molecular flexibility index (Phi) is 7.16. The van der Waals surface area contributed by atoms with E-state index in [9.17, 15) is 35.1 Å². The highest BCUT2D eigenvalue weighted by Gasteiger charge is 2.59. The highest BCUT2D eigenvalue weighted by Crippen LogP contribution is 2.40. The second kappa shape index (κ2) is 10.1. The molecule has 4 heterocycles. The Morgan fingerprint density at radius 1 is 1.08 bits per heavy atom. The smallest absolute Gasteiger partial charge is 0.368 e. The molecule has 0 spiro atoms. The van der Waals surface area contributed by atoms with E-state index >= 15 is 0 Å². The monoisotopic (exact) mass is 534 g/mol. The van der Waals surface area contributed by atoms with Gasteiger partial charge in [-0.15, -0.1) is 12.8 Å². The third-order valence-corrected chi connectivity index (χ3v) is 6.02. The van der Waals surface area contributed by atoms with E-state index < -0.39 is 72.7 Å². The van der Waals surface area contributed by atoms with Crippen molar-refractivity contribution in [3.8, 4) is 24.7 Å². The van der Waals surface area contributed by atoms with Crippen molar-refractivity contribution in [3.63, 3.8) is 0 Å². The molecular weight excluding hydrogens is 512 g/mol. The van der Waals surface area contributed by atoms with Crippen LogP contribution in [-0.4, -0.2) is 104 Å². The molecular formula is C20H22N8O10. The zero-order valence-electron chi connectivity index (χ0n) is 19.2. The second-order valence-corrected chi connectivity index (χ2v) is 8.19. The van der Waals surface area contributed by atoms with E-state index in [4.69, 9.17) is 32.9 Å². The fourth-order valence-electron chi connectivity index (χ4n) is 4.00. The molecule has 8 N–H and O–H groups in total. The molecule has 18 nitrogen and oxygen atoms in total. The van der Waals surface area contributed by atoms with Crippen LogP contribution in [0.3, 0.4) is 0 Å². The van der Waals surface area contributed by atoms with Crippen LogP contribution in [0.5, 0.6) is 0 Å². The van der Waals surface area contributed by atoms with Gasteiger partial charge < -0.3 is 40.7 Å². The van der Waals surface area contributed by atoms with Crippen molar-refractivity contribution in [2.24, 2.45) is 0 Å². The Bertz CT molecular complexity index is 1400. The molecule has 2 aromatic heterocycles. The van der Waals surface area contributed by atoms with Crippen LogP contribution >= 0.6 is 0 Å². The molecule has 4 rings (SSSR count). The molecule has 0 aromatic carbocycles. The molecule has 2 aliphatic rings. The number of ether oxygens (including phenoxy) is 2. The first-order chi connectivity index (χ1) is 18.1. The van der Waals surface area contributed by atoms with Gasteiger partial charge in [0.2, 0.25) is 17.2 Å². The minimum absolute atomic E-state index is 0.342. The molecule has 0 saturated carbocycles. The van der Waals surface area contributed by atoms with Crippen molar-refractivity contribution in [2.75, 3.05) is 24.4 Å². The number of aliphatic hydroxyl groups excluding tert-OH is 4. The van der Waals surface area contributed by atoms with Gasteiger partial charge >= 0.3 is 11.4 Å². The van der Waals surface area contributed by atoms with Crippen LogP contribution < -0.4 is 22.6 Å². The molecule has 2 fully saturated rings. The minimum atomic E-state index is -2.42. The summed E-state index contributed by atoms with van der Waals surface area (Å²) in [6, 6.07) is 0. The lowest BCUT2D eigenvalue weighted by Crippen LogP contribution is -2.51. The van der Waals surface area contributed by atoms with Crippen molar-refractivity contribution in [1.82, 2.24) is 29.3 Å². The summed E-state index contributed by atoms with van der Waals surface area (Å²) < 4.78 is 12.1. The zero-order chi connectivity index (χ0) is 27.8. The van der Waals surface area contributed by atoms with E-state index in [-0.39, 0.29) is 11.8 Å². The second-order valence-electron chi connectivity index (χ2n) is 8.19. The molecule has 38 heavy (non-hydrogen) atoms. The Balaban J connectivity index is 1.63. The summed E-state index contributed by atoms with van der Waals surface area (Å²) in [5, 5.41) is 54.3. The minimum Gasteiger partial charge on any atom is -0.394 e. The average molecular weight is 534 g/mol. The number of aromatic nitrogens is 6. The fourth-order valence-corrected chi connectivity index (χ4v) is 4.00. The number of hydrogen-bond acceptors (Lipinski definition) is 16. The van der Waals surface area contributed by atoms with Gasteiger partial charge in [0.05, 0.1) is 19.4 Å². The number of nitrogens with one attached hydrogen (secondary N) is 1. The zero-order valence-corrected chi connectivity index (χ0v) is 19.2. The topological polar surface area (TPSA) is 262 Å². The third kappa shape index (κ3) is 4.16. The molecule has 2 aliphatic heterocycles. The summed E-state index contributed by atoms with van der Waals surface area (Å²) in [5.74, 6) is 3.40. The molecule has 0 radical (unpaired) electrons. The lowest BCUT2D eigenvalue weighted by atomic mass is 9.95. The molecule has 18 heteroatoms. The van der Waals surface area contributed by atoms with Crippen LogP contribution in [0.1, 0.15) is 12.5 Å². The maximum Gasteiger partial charge on any atom is 0.368 e. The fraction of sp³-hybridized carbons (Fsp3) is 0.500. The molecule has 0 aliphatic carbocycles. The first kappa shape index (κ1) is 27.1. The summed E-state index contributed by atoms with van der Waals surface area (Å²) in [5.41, 5.74) is 0.918. The quantitative estimate of drug-likeness (QED) is 0.129. The number of hydrogen-bond donors (Lipinski definition) is 7. The SMILES string of the molecule is C#CC1(O)[C@@H](O)[C@@H](CO)O[C@H]1n1ncc(NOC2(C#C)[C@@H](O)[C@@H](CO)O[C@H]2n2cnc(N)nc2=O)nc1=O. The van der Waals surface area contributed by atoms with Gasteiger partial charge in [0.15, 0.2) is 18.3 Å². The molecule has 2 saturated heterocycles. The highest BCUT2D eigenvalue weighted by atomic mass is 16.7. The number of nitrogen functional groups attached to an aromatic ring is 1. The first-order valence-electron chi connectivity index (χ1n) is 10.7. The molecule has 2 unspecified atom stereocenters. The molecule has 0 bridgehead atoms. The summed E-state index contributed by atoms with van der Waals surface area (Å²) in [7, 11) is 0. The van der Waals surface area contributed by atoms with Crippen LogP contribution in [-0.2, 0) is 14.3 Å². The normalized spacial score (nSPS) is 34.5. The van der Waals surface area contributed by atoms with Gasteiger partial charge in [-0.25, -0.2) is 24.9 Å². The number of terminal acetylenes is 2. The largest absolute Gasteiger partial charge is 0.394 e. The summed E-state index contributed by atoms with van der Waals surface area (Å²) in [6.45, 7) is -1.43. The lowest BCUT2D eigenvalue weighted by molar-refractivity contribution is -0.0981. The summed E-state index contributed by atoms with van der Waals surface area (Å²) in [6.07, 6.45) is 3.45. The van der Waals surface area contributed by atoms with E-state index in [2.05, 4.69) is 31.5 Å². The number of anilines is 2. The van der Waals surface area contributed by atoms with Crippen LogP contribution in [0.15, 0.2) is 22.1 Å². The van der Waals surface area contributed by atoms with Gasteiger partial charge in [-0.2, -0.15) is 19.7 Å². The van der Waals surface area contributed by atoms with E-state index in [1.54, 1.807) is 0 Å². The summed E-state index contributed by atoms with van der Waals surface area (Å²) in [4.78, 5) is 41.4. The number of rotatable bonds is 7. The van der Waals surface area contributed by atoms with Crippen LogP contribution in [0.4, 0.5) is 11.8 Å². The molecule has 202 valence electrons. The van der Waals surface area contributed by atoms with Gasteiger partial charge in [-0.05, 0) is 0 Å². The van der Waals surface area contributed by atoms with Crippen molar-refractivity contribution >= 4 is 11.8 Å². The number of nitrogens with zero attached hydrogens (tertiary/aromatic N) is 6. The van der Waals surface area contributed by atoms with Gasteiger partial charge in [-0.3, -0.25) is 4.57 Å².